The second-order valence-corrected chi connectivity index (χ2v) is 3.04. The molecule has 4 heteroatoms. The second kappa shape index (κ2) is 4.77. The van der Waals surface area contributed by atoms with Crippen LogP contribution in [-0.4, -0.2) is 35.8 Å². The van der Waals surface area contributed by atoms with Gasteiger partial charge in [0.05, 0.1) is 19.0 Å². The molecule has 14 heavy (non-hydrogen) atoms. The minimum Gasteiger partial charge on any atom is -0.295 e. The van der Waals surface area contributed by atoms with Crippen molar-refractivity contribution < 1.29 is 9.59 Å². The lowest BCUT2D eigenvalue weighted by Gasteiger charge is -2.11. The largest absolute Gasteiger partial charge is 0.295 e. The van der Waals surface area contributed by atoms with Crippen LogP contribution in [0.4, 0.5) is 0 Å². The first-order chi connectivity index (χ1) is 6.70. The highest BCUT2D eigenvalue weighted by Crippen LogP contribution is 2.11. The highest BCUT2D eigenvalue weighted by molar-refractivity contribution is 6.05. The number of nitrogens with zero attached hydrogens (tertiary/aromatic N) is 1. The Bertz CT molecular complexity index is 301. The first-order valence-corrected chi connectivity index (χ1v) is 4.68. The molecule has 1 aliphatic heterocycles. The summed E-state index contributed by atoms with van der Waals surface area (Å²) in [5.74, 6) is 5.29. The Morgan fingerprint density at radius 3 is 2.79 bits per heavy atom. The normalized spacial score (nSPS) is 21.0. The summed E-state index contributed by atoms with van der Waals surface area (Å²) >= 11 is 0. The highest BCUT2D eigenvalue weighted by atomic mass is 16.2. The fourth-order valence-corrected chi connectivity index (χ4v) is 1.44. The topological polar surface area (TPSA) is 49.4 Å². The van der Waals surface area contributed by atoms with Crippen LogP contribution >= 0.6 is 0 Å². The van der Waals surface area contributed by atoms with Crippen molar-refractivity contribution in [1.82, 2.24) is 10.2 Å². The van der Waals surface area contributed by atoms with E-state index in [1.54, 1.807) is 13.8 Å². The highest BCUT2D eigenvalue weighted by Gasteiger charge is 2.36. The zero-order chi connectivity index (χ0) is 10.6. The van der Waals surface area contributed by atoms with E-state index in [0.29, 0.717) is 13.1 Å². The van der Waals surface area contributed by atoms with Gasteiger partial charge in [-0.25, -0.2) is 0 Å². The molecule has 1 saturated heterocycles. The molecule has 0 spiro atoms. The van der Waals surface area contributed by atoms with Gasteiger partial charge in [0.1, 0.15) is 0 Å². The van der Waals surface area contributed by atoms with Crippen LogP contribution in [0.1, 0.15) is 20.3 Å². The zero-order valence-electron chi connectivity index (χ0n) is 8.46. The summed E-state index contributed by atoms with van der Waals surface area (Å²) in [4.78, 5) is 24.1. The smallest absolute Gasteiger partial charge is 0.246 e. The van der Waals surface area contributed by atoms with Crippen molar-refractivity contribution in [3.63, 3.8) is 0 Å². The minimum atomic E-state index is -0.372. The molecule has 0 bridgehead atoms. The fourth-order valence-electron chi connectivity index (χ4n) is 1.44. The van der Waals surface area contributed by atoms with E-state index in [0.717, 1.165) is 0 Å². The average Bonchev–Trinajstić information content (AvgIpc) is 2.42. The van der Waals surface area contributed by atoms with Crippen LogP contribution in [0.5, 0.6) is 0 Å². The molecule has 1 unspecified atom stereocenters. The molecule has 1 rings (SSSR count). The fraction of sp³-hybridized carbons (Fsp3) is 0.600. The van der Waals surface area contributed by atoms with Crippen LogP contribution in [0, 0.1) is 11.8 Å². The molecule has 4 nitrogen and oxygen atoms in total. The van der Waals surface area contributed by atoms with Crippen molar-refractivity contribution >= 4 is 11.8 Å². The van der Waals surface area contributed by atoms with Crippen molar-refractivity contribution in [3.8, 4) is 11.8 Å². The maximum absolute atomic E-state index is 11.5. The van der Waals surface area contributed by atoms with Gasteiger partial charge in [-0.15, -0.1) is 5.92 Å². The van der Waals surface area contributed by atoms with Crippen molar-refractivity contribution in [3.05, 3.63) is 0 Å². The first kappa shape index (κ1) is 10.7. The Balaban J connectivity index is 2.52. The van der Waals surface area contributed by atoms with Crippen molar-refractivity contribution in [1.29, 1.82) is 0 Å². The van der Waals surface area contributed by atoms with Gasteiger partial charge in [-0.2, -0.15) is 0 Å². The number of imide groups is 1. The molecule has 0 aromatic heterocycles. The number of hydrogen-bond donors (Lipinski definition) is 1. The summed E-state index contributed by atoms with van der Waals surface area (Å²) in [7, 11) is 0. The summed E-state index contributed by atoms with van der Waals surface area (Å²) < 4.78 is 0. The molecule has 1 atom stereocenters. The molecule has 0 aliphatic carbocycles. The van der Waals surface area contributed by atoms with Crippen LogP contribution in [-0.2, 0) is 9.59 Å². The Hall–Kier alpha value is -1.34. The number of likely N-dealkylation sites (tertiary alicyclic amines) is 1. The van der Waals surface area contributed by atoms with Crippen LogP contribution in [0.25, 0.3) is 0 Å². The van der Waals surface area contributed by atoms with Crippen molar-refractivity contribution in [2.24, 2.45) is 0 Å². The average molecular weight is 194 g/mol. The van der Waals surface area contributed by atoms with Gasteiger partial charge >= 0.3 is 0 Å². The van der Waals surface area contributed by atoms with E-state index in [4.69, 9.17) is 0 Å². The molecule has 1 heterocycles. The van der Waals surface area contributed by atoms with E-state index in [1.165, 1.54) is 4.90 Å². The Labute approximate surface area is 83.6 Å². The van der Waals surface area contributed by atoms with Gasteiger partial charge in [0, 0.05) is 6.54 Å². The SMILES string of the molecule is CC#CCNC1CC(=O)N(CC)C1=O. The third-order valence-corrected chi connectivity index (χ3v) is 2.17. The van der Waals surface area contributed by atoms with E-state index in [2.05, 4.69) is 17.2 Å². The standard InChI is InChI=1S/C10H14N2O2/c1-3-5-6-11-8-7-9(13)12(4-2)10(8)14/h8,11H,4,6-7H2,1-2H3. The molecule has 0 aromatic carbocycles. The molecule has 0 radical (unpaired) electrons. The molecule has 1 N–H and O–H groups in total. The summed E-state index contributed by atoms with van der Waals surface area (Å²) in [6.07, 6.45) is 0.262. The van der Waals surface area contributed by atoms with Gasteiger partial charge in [0.2, 0.25) is 11.8 Å². The lowest BCUT2D eigenvalue weighted by Crippen LogP contribution is -2.38. The summed E-state index contributed by atoms with van der Waals surface area (Å²) in [6.45, 7) is 4.44. The molecular formula is C10H14N2O2. The van der Waals surface area contributed by atoms with Crippen molar-refractivity contribution in [2.75, 3.05) is 13.1 Å². The Kier molecular flexibility index (Phi) is 3.66. The van der Waals surface area contributed by atoms with E-state index < -0.39 is 0 Å². The number of carbonyl (C=O) groups excluding carboxylic acids is 2. The van der Waals surface area contributed by atoms with E-state index in [-0.39, 0.29) is 24.3 Å². The first-order valence-electron chi connectivity index (χ1n) is 4.68. The maximum Gasteiger partial charge on any atom is 0.246 e. The van der Waals surface area contributed by atoms with E-state index in [1.807, 2.05) is 0 Å². The van der Waals surface area contributed by atoms with Crippen LogP contribution in [0.15, 0.2) is 0 Å². The number of nitrogens with one attached hydrogen (secondary N) is 1. The third-order valence-electron chi connectivity index (χ3n) is 2.17. The number of carbonyl (C=O) groups is 2. The third kappa shape index (κ3) is 2.12. The van der Waals surface area contributed by atoms with Gasteiger partial charge < -0.3 is 0 Å². The molecule has 76 valence electrons. The molecule has 2 amide bonds. The number of amides is 2. The van der Waals surface area contributed by atoms with Gasteiger partial charge in [0.25, 0.3) is 0 Å². The summed E-state index contributed by atoms with van der Waals surface area (Å²) in [5.41, 5.74) is 0. The van der Waals surface area contributed by atoms with Gasteiger partial charge in [-0.3, -0.25) is 19.8 Å². The van der Waals surface area contributed by atoms with E-state index >= 15 is 0 Å². The van der Waals surface area contributed by atoms with Crippen LogP contribution < -0.4 is 5.32 Å². The molecular weight excluding hydrogens is 180 g/mol. The second-order valence-electron chi connectivity index (χ2n) is 3.04. The van der Waals surface area contributed by atoms with Crippen LogP contribution in [0.2, 0.25) is 0 Å². The predicted octanol–water partition coefficient (Wildman–Crippen LogP) is -0.253. The number of rotatable bonds is 3. The Morgan fingerprint density at radius 1 is 1.57 bits per heavy atom. The van der Waals surface area contributed by atoms with Gasteiger partial charge in [0.15, 0.2) is 0 Å². The predicted molar refractivity (Wildman–Crippen MR) is 52.3 cm³/mol. The Morgan fingerprint density at radius 2 is 2.29 bits per heavy atom. The lowest BCUT2D eigenvalue weighted by molar-refractivity contribution is -0.138. The number of hydrogen-bond acceptors (Lipinski definition) is 3. The lowest BCUT2D eigenvalue weighted by atomic mass is 10.2. The van der Waals surface area contributed by atoms with Crippen LogP contribution in [0.3, 0.4) is 0 Å². The van der Waals surface area contributed by atoms with Gasteiger partial charge in [-0.05, 0) is 13.8 Å². The molecule has 0 saturated carbocycles. The number of likely N-dealkylation sites (N-methyl/N-ethyl adjacent to an activating group) is 1. The maximum atomic E-state index is 11.5. The van der Waals surface area contributed by atoms with Crippen molar-refractivity contribution in [2.45, 2.75) is 26.3 Å². The quantitative estimate of drug-likeness (QED) is 0.497. The van der Waals surface area contributed by atoms with E-state index in [9.17, 15) is 9.59 Å². The zero-order valence-corrected chi connectivity index (χ0v) is 8.46. The molecule has 0 aromatic rings. The monoisotopic (exact) mass is 194 g/mol. The van der Waals surface area contributed by atoms with Gasteiger partial charge in [-0.1, -0.05) is 5.92 Å². The summed E-state index contributed by atoms with van der Waals surface area (Å²) in [6, 6.07) is -0.372. The molecule has 1 aliphatic rings. The summed E-state index contributed by atoms with van der Waals surface area (Å²) in [5, 5.41) is 2.94. The molecule has 1 fully saturated rings. The minimum absolute atomic E-state index is 0.0977.